The Hall–Kier alpha value is -3.22. The number of amides is 2. The molecule has 2 amide bonds. The molecule has 2 aromatic heterocycles. The smallest absolute Gasteiger partial charge is 0.356 e. The second-order valence-corrected chi connectivity index (χ2v) is 6.76. The van der Waals surface area contributed by atoms with Crippen LogP contribution >= 0.6 is 0 Å². The number of esters is 1. The molecule has 2 N–H and O–H groups in total. The van der Waals surface area contributed by atoms with E-state index in [4.69, 9.17) is 9.47 Å². The van der Waals surface area contributed by atoms with Gasteiger partial charge in [0.15, 0.2) is 0 Å². The molecule has 0 unspecified atom stereocenters. The predicted octanol–water partition coefficient (Wildman–Crippen LogP) is -0.329. The maximum atomic E-state index is 12.4. The number of rotatable bonds is 4. The average Bonchev–Trinajstić information content (AvgIpc) is 3.00. The lowest BCUT2D eigenvalue weighted by atomic mass is 10.4. The first kappa shape index (κ1) is 17.6. The van der Waals surface area contributed by atoms with Gasteiger partial charge in [0.25, 0.3) is 10.0 Å². The summed E-state index contributed by atoms with van der Waals surface area (Å²) in [6.45, 7) is 2.02. The van der Waals surface area contributed by atoms with E-state index in [0.717, 1.165) is 0 Å². The molecule has 138 valence electrons. The van der Waals surface area contributed by atoms with E-state index in [-0.39, 0.29) is 35.0 Å². The Balaban J connectivity index is 1.80. The minimum atomic E-state index is -4.32. The molecule has 2 aromatic rings. The Kier molecular flexibility index (Phi) is 4.46. The number of urea groups is 1. The Bertz CT molecular complexity index is 985. The summed E-state index contributed by atoms with van der Waals surface area (Å²) in [6.07, 6.45) is 1.43. The summed E-state index contributed by atoms with van der Waals surface area (Å²) < 4.78 is 37.8. The molecule has 0 saturated heterocycles. The second-order valence-electron chi connectivity index (χ2n) is 5.11. The first-order chi connectivity index (χ1) is 12.3. The largest absolute Gasteiger partial charge is 0.467 e. The Morgan fingerprint density at radius 1 is 1.35 bits per heavy atom. The van der Waals surface area contributed by atoms with Crippen molar-refractivity contribution >= 4 is 28.0 Å². The summed E-state index contributed by atoms with van der Waals surface area (Å²) >= 11 is 0. The summed E-state index contributed by atoms with van der Waals surface area (Å²) in [7, 11) is -2.99. The molecule has 0 fully saturated rings. The number of ether oxygens (including phenoxy) is 2. The van der Waals surface area contributed by atoms with Crippen molar-refractivity contribution in [1.82, 2.24) is 24.2 Å². The standard InChI is InChI=1S/C13H14N6O6S/c1-7-14-11(17-13(15-7)24-2)16-12(21)18-26(22,23)8-3-4-19-5-6-25-10(20)9(8)19/h3-4H,5-6H2,1-2H3,(H2,14,15,16,17,18,21). The van der Waals surface area contributed by atoms with Crippen LogP contribution in [0.5, 0.6) is 6.01 Å². The molecule has 1 aliphatic rings. The number of methoxy groups -OCH3 is 1. The highest BCUT2D eigenvalue weighted by Crippen LogP contribution is 2.21. The van der Waals surface area contributed by atoms with Gasteiger partial charge < -0.3 is 14.0 Å². The number of aryl methyl sites for hydroxylation is 1. The number of cyclic esters (lactones) is 1. The van der Waals surface area contributed by atoms with E-state index in [1.54, 1.807) is 11.6 Å². The molecule has 13 heteroatoms. The molecule has 0 aromatic carbocycles. The van der Waals surface area contributed by atoms with Crippen molar-refractivity contribution in [1.29, 1.82) is 0 Å². The molecule has 0 saturated carbocycles. The van der Waals surface area contributed by atoms with Gasteiger partial charge in [0.1, 0.15) is 23.0 Å². The van der Waals surface area contributed by atoms with E-state index < -0.39 is 22.0 Å². The van der Waals surface area contributed by atoms with Crippen LogP contribution in [0, 0.1) is 6.92 Å². The molecule has 3 rings (SSSR count). The molecule has 1 aliphatic heterocycles. The lowest BCUT2D eigenvalue weighted by molar-refractivity contribution is 0.0416. The number of anilines is 1. The fraction of sp³-hybridized carbons (Fsp3) is 0.308. The number of carbonyl (C=O) groups excluding carboxylic acids is 2. The molecule has 12 nitrogen and oxygen atoms in total. The maximum Gasteiger partial charge on any atom is 0.356 e. The van der Waals surface area contributed by atoms with Crippen LogP contribution in [0.4, 0.5) is 10.7 Å². The lowest BCUT2D eigenvalue weighted by Gasteiger charge is -2.16. The summed E-state index contributed by atoms with van der Waals surface area (Å²) in [5, 5.41) is 2.17. The van der Waals surface area contributed by atoms with Crippen LogP contribution in [0.25, 0.3) is 0 Å². The van der Waals surface area contributed by atoms with Gasteiger partial charge >= 0.3 is 18.0 Å². The van der Waals surface area contributed by atoms with E-state index in [1.165, 1.54) is 23.9 Å². The van der Waals surface area contributed by atoms with E-state index in [1.807, 2.05) is 0 Å². The van der Waals surface area contributed by atoms with Gasteiger partial charge in [0.2, 0.25) is 5.95 Å². The first-order valence-electron chi connectivity index (χ1n) is 7.27. The Morgan fingerprint density at radius 3 is 2.85 bits per heavy atom. The number of sulfonamides is 1. The van der Waals surface area contributed by atoms with Crippen molar-refractivity contribution in [3.05, 3.63) is 23.8 Å². The number of carbonyl (C=O) groups is 2. The summed E-state index contributed by atoms with van der Waals surface area (Å²) in [5.74, 6) is -0.709. The van der Waals surface area contributed by atoms with Crippen molar-refractivity contribution < 1.29 is 27.5 Å². The monoisotopic (exact) mass is 382 g/mol. The third-order valence-electron chi connectivity index (χ3n) is 3.34. The average molecular weight is 382 g/mol. The van der Waals surface area contributed by atoms with Gasteiger partial charge in [-0.05, 0) is 13.0 Å². The van der Waals surface area contributed by atoms with Crippen LogP contribution in [0.15, 0.2) is 17.2 Å². The van der Waals surface area contributed by atoms with Crippen LogP contribution < -0.4 is 14.8 Å². The molecular weight excluding hydrogens is 368 g/mol. The maximum absolute atomic E-state index is 12.4. The quantitative estimate of drug-likeness (QED) is 0.676. The van der Waals surface area contributed by atoms with Gasteiger partial charge in [0, 0.05) is 6.20 Å². The van der Waals surface area contributed by atoms with Gasteiger partial charge in [-0.25, -0.2) is 22.7 Å². The van der Waals surface area contributed by atoms with Crippen LogP contribution in [0.1, 0.15) is 16.3 Å². The third-order valence-corrected chi connectivity index (χ3v) is 4.70. The van der Waals surface area contributed by atoms with Crippen molar-refractivity contribution in [3.63, 3.8) is 0 Å². The molecule has 26 heavy (non-hydrogen) atoms. The molecule has 0 spiro atoms. The SMILES string of the molecule is COc1nc(C)nc(NC(=O)NS(=O)(=O)c2ccn3c2C(=O)OCC3)n1. The predicted molar refractivity (Wildman–Crippen MR) is 85.2 cm³/mol. The van der Waals surface area contributed by atoms with Crippen LogP contribution in [0.3, 0.4) is 0 Å². The zero-order chi connectivity index (χ0) is 18.9. The van der Waals surface area contributed by atoms with Gasteiger partial charge in [0.05, 0.1) is 13.7 Å². The zero-order valence-corrected chi connectivity index (χ0v) is 14.5. The van der Waals surface area contributed by atoms with Gasteiger partial charge in [-0.15, -0.1) is 0 Å². The van der Waals surface area contributed by atoms with Crippen LogP contribution in [0.2, 0.25) is 0 Å². The highest BCUT2D eigenvalue weighted by molar-refractivity contribution is 7.90. The van der Waals surface area contributed by atoms with E-state index in [2.05, 4.69) is 20.3 Å². The third kappa shape index (κ3) is 3.42. The highest BCUT2D eigenvalue weighted by Gasteiger charge is 2.31. The number of nitrogens with one attached hydrogen (secondary N) is 2. The Morgan fingerprint density at radius 2 is 2.12 bits per heavy atom. The summed E-state index contributed by atoms with van der Waals surface area (Å²) in [6, 6.07) is 0.0647. The van der Waals surface area contributed by atoms with E-state index in [9.17, 15) is 18.0 Å². The van der Waals surface area contributed by atoms with Gasteiger partial charge in [-0.2, -0.15) is 15.0 Å². The Labute approximate surface area is 147 Å². The number of hydrogen-bond donors (Lipinski definition) is 2. The lowest BCUT2D eigenvalue weighted by Crippen LogP contribution is -2.36. The van der Waals surface area contributed by atoms with Gasteiger partial charge in [-0.1, -0.05) is 0 Å². The van der Waals surface area contributed by atoms with Crippen LogP contribution in [-0.2, 0) is 21.3 Å². The minimum absolute atomic E-state index is 0.0418. The second kappa shape index (κ2) is 6.59. The highest BCUT2D eigenvalue weighted by atomic mass is 32.2. The number of aromatic nitrogens is 4. The molecule has 0 bridgehead atoms. The van der Waals surface area contributed by atoms with Crippen LogP contribution in [-0.4, -0.2) is 53.7 Å². The summed E-state index contributed by atoms with van der Waals surface area (Å²) in [5.41, 5.74) is -0.144. The number of fused-ring (bicyclic) bond motifs is 1. The number of nitrogens with zero attached hydrogens (tertiary/aromatic N) is 4. The molecule has 3 heterocycles. The van der Waals surface area contributed by atoms with E-state index in [0.29, 0.717) is 6.54 Å². The van der Waals surface area contributed by atoms with Crippen molar-refractivity contribution in [3.8, 4) is 6.01 Å². The van der Waals surface area contributed by atoms with Crippen molar-refractivity contribution in [2.24, 2.45) is 0 Å². The number of hydrogen-bond acceptors (Lipinski definition) is 9. The van der Waals surface area contributed by atoms with E-state index >= 15 is 0 Å². The molecular formula is C13H14N6O6S. The minimum Gasteiger partial charge on any atom is -0.467 e. The van der Waals surface area contributed by atoms with Crippen molar-refractivity contribution in [2.45, 2.75) is 18.4 Å². The molecule has 0 atom stereocenters. The normalized spacial score (nSPS) is 13.5. The van der Waals surface area contributed by atoms with Crippen molar-refractivity contribution in [2.75, 3.05) is 19.0 Å². The summed E-state index contributed by atoms with van der Waals surface area (Å²) in [4.78, 5) is 35.0. The van der Waals surface area contributed by atoms with Gasteiger partial charge in [-0.3, -0.25) is 5.32 Å². The zero-order valence-electron chi connectivity index (χ0n) is 13.7. The first-order valence-corrected chi connectivity index (χ1v) is 8.75. The topological polar surface area (TPSA) is 154 Å². The molecule has 0 aliphatic carbocycles. The fourth-order valence-corrected chi connectivity index (χ4v) is 3.39. The fourth-order valence-electron chi connectivity index (χ4n) is 2.29. The molecule has 0 radical (unpaired) electrons.